The van der Waals surface area contributed by atoms with Crippen molar-refractivity contribution < 1.29 is 4.39 Å². The number of pyridine rings is 1. The maximum absolute atomic E-state index is 13.0. The summed E-state index contributed by atoms with van der Waals surface area (Å²) in [5.74, 6) is 5.16. The average molecular weight is 225 g/mol. The quantitative estimate of drug-likeness (QED) is 0.426. The first-order chi connectivity index (χ1) is 7.77. The second-order valence-corrected chi connectivity index (χ2v) is 4.01. The van der Waals surface area contributed by atoms with Gasteiger partial charge in [-0.05, 0) is 18.1 Å². The van der Waals surface area contributed by atoms with Gasteiger partial charge in [-0.15, -0.1) is 0 Å². The zero-order valence-electron chi connectivity index (χ0n) is 9.75. The number of hydrazine groups is 1. The molecule has 0 bridgehead atoms. The number of unbranched alkanes of at least 4 members (excludes halogenated alkanes) is 3. The lowest BCUT2D eigenvalue weighted by molar-refractivity contribution is 0.477. The number of halogens is 1. The zero-order valence-corrected chi connectivity index (χ0v) is 9.75. The molecule has 1 rings (SSSR count). The molecule has 16 heavy (non-hydrogen) atoms. The Morgan fingerprint density at radius 1 is 1.38 bits per heavy atom. The summed E-state index contributed by atoms with van der Waals surface area (Å²) in [6.45, 7) is 2.18. The molecule has 1 unspecified atom stereocenters. The molecule has 0 aliphatic heterocycles. The number of hydrogen-bond acceptors (Lipinski definition) is 3. The normalized spacial score (nSPS) is 12.7. The highest BCUT2D eigenvalue weighted by Gasteiger charge is 2.10. The fraction of sp³-hybridized carbons (Fsp3) is 0.583. The summed E-state index contributed by atoms with van der Waals surface area (Å²) in [5.41, 5.74) is 3.53. The Morgan fingerprint density at radius 2 is 2.19 bits per heavy atom. The Bertz CT molecular complexity index is 304. The summed E-state index contributed by atoms with van der Waals surface area (Å²) in [6, 6.07) is 1.48. The van der Waals surface area contributed by atoms with Crippen molar-refractivity contribution in [3.8, 4) is 0 Å². The number of rotatable bonds is 7. The molecule has 1 heterocycles. The molecular formula is C12H20FN3. The largest absolute Gasteiger partial charge is 0.271 e. The zero-order chi connectivity index (χ0) is 11.8. The molecule has 0 aliphatic rings. The highest BCUT2D eigenvalue weighted by atomic mass is 19.1. The van der Waals surface area contributed by atoms with Gasteiger partial charge in [0.15, 0.2) is 0 Å². The molecule has 0 aliphatic carbocycles. The first kappa shape index (κ1) is 13.1. The Balaban J connectivity index is 2.47. The van der Waals surface area contributed by atoms with Crippen molar-refractivity contribution in [1.29, 1.82) is 0 Å². The van der Waals surface area contributed by atoms with Crippen LogP contribution in [-0.4, -0.2) is 4.98 Å². The molecular weight excluding hydrogens is 205 g/mol. The standard InChI is InChI=1S/C12H20FN3/c1-2-3-4-5-6-12(16-14)10-7-11(13)9-15-8-10/h7-9,12,16H,2-6,14H2,1H3. The van der Waals surface area contributed by atoms with Gasteiger partial charge in [-0.2, -0.15) is 0 Å². The van der Waals surface area contributed by atoms with E-state index in [2.05, 4.69) is 17.3 Å². The fourth-order valence-corrected chi connectivity index (χ4v) is 1.74. The summed E-state index contributed by atoms with van der Waals surface area (Å²) in [5, 5.41) is 0. The Kier molecular flexibility index (Phi) is 5.96. The molecule has 0 saturated carbocycles. The first-order valence-corrected chi connectivity index (χ1v) is 5.84. The Hall–Kier alpha value is -1.00. The monoisotopic (exact) mass is 225 g/mol. The van der Waals surface area contributed by atoms with Crippen molar-refractivity contribution in [3.05, 3.63) is 29.8 Å². The predicted molar refractivity (Wildman–Crippen MR) is 63.0 cm³/mol. The SMILES string of the molecule is CCCCCCC(NN)c1cncc(F)c1. The molecule has 0 saturated heterocycles. The van der Waals surface area contributed by atoms with Gasteiger partial charge < -0.3 is 0 Å². The van der Waals surface area contributed by atoms with Crippen LogP contribution in [0.1, 0.15) is 50.6 Å². The van der Waals surface area contributed by atoms with Crippen molar-refractivity contribution in [3.63, 3.8) is 0 Å². The number of nitrogens with zero attached hydrogens (tertiary/aromatic N) is 1. The number of nitrogens with one attached hydrogen (secondary N) is 1. The molecule has 0 radical (unpaired) electrons. The minimum absolute atomic E-state index is 0.0000520. The van der Waals surface area contributed by atoms with Crippen LogP contribution in [0.3, 0.4) is 0 Å². The maximum Gasteiger partial charge on any atom is 0.141 e. The van der Waals surface area contributed by atoms with E-state index in [0.29, 0.717) is 0 Å². The third kappa shape index (κ3) is 4.24. The van der Waals surface area contributed by atoms with Gasteiger partial charge in [0.25, 0.3) is 0 Å². The van der Waals surface area contributed by atoms with E-state index in [1.165, 1.54) is 31.5 Å². The Labute approximate surface area is 96.2 Å². The van der Waals surface area contributed by atoms with Crippen LogP contribution >= 0.6 is 0 Å². The second-order valence-electron chi connectivity index (χ2n) is 4.01. The fourth-order valence-electron chi connectivity index (χ4n) is 1.74. The van der Waals surface area contributed by atoms with E-state index in [-0.39, 0.29) is 11.9 Å². The summed E-state index contributed by atoms with van der Waals surface area (Å²) in [6.07, 6.45) is 8.51. The van der Waals surface area contributed by atoms with Crippen LogP contribution in [0.4, 0.5) is 4.39 Å². The molecule has 3 N–H and O–H groups in total. The van der Waals surface area contributed by atoms with Crippen LogP contribution < -0.4 is 11.3 Å². The Morgan fingerprint density at radius 3 is 2.81 bits per heavy atom. The maximum atomic E-state index is 13.0. The number of nitrogens with two attached hydrogens (primary N) is 1. The van der Waals surface area contributed by atoms with Crippen LogP contribution in [0.15, 0.2) is 18.5 Å². The third-order valence-electron chi connectivity index (χ3n) is 2.68. The first-order valence-electron chi connectivity index (χ1n) is 5.84. The molecule has 0 spiro atoms. The van der Waals surface area contributed by atoms with Crippen LogP contribution in [0.2, 0.25) is 0 Å². The van der Waals surface area contributed by atoms with E-state index < -0.39 is 0 Å². The van der Waals surface area contributed by atoms with Crippen molar-refractivity contribution in [2.24, 2.45) is 5.84 Å². The van der Waals surface area contributed by atoms with Gasteiger partial charge in [0.2, 0.25) is 0 Å². The van der Waals surface area contributed by atoms with Gasteiger partial charge in [0, 0.05) is 12.2 Å². The predicted octanol–water partition coefficient (Wildman–Crippen LogP) is 2.70. The van der Waals surface area contributed by atoms with Crippen LogP contribution in [0.25, 0.3) is 0 Å². The summed E-state index contributed by atoms with van der Waals surface area (Å²) < 4.78 is 13.0. The lowest BCUT2D eigenvalue weighted by Gasteiger charge is -2.15. The summed E-state index contributed by atoms with van der Waals surface area (Å²) in [7, 11) is 0. The second kappa shape index (κ2) is 7.30. The molecule has 1 aromatic rings. The van der Waals surface area contributed by atoms with E-state index in [9.17, 15) is 4.39 Å². The lowest BCUT2D eigenvalue weighted by Crippen LogP contribution is -2.28. The molecule has 3 nitrogen and oxygen atoms in total. The minimum Gasteiger partial charge on any atom is -0.271 e. The molecule has 4 heteroatoms. The number of aromatic nitrogens is 1. The average Bonchev–Trinajstić information content (AvgIpc) is 2.29. The van der Waals surface area contributed by atoms with E-state index in [4.69, 9.17) is 5.84 Å². The highest BCUT2D eigenvalue weighted by molar-refractivity contribution is 5.14. The van der Waals surface area contributed by atoms with Crippen molar-refractivity contribution >= 4 is 0 Å². The highest BCUT2D eigenvalue weighted by Crippen LogP contribution is 2.19. The van der Waals surface area contributed by atoms with Crippen molar-refractivity contribution in [2.75, 3.05) is 0 Å². The van der Waals surface area contributed by atoms with Gasteiger partial charge in [0.05, 0.1) is 6.20 Å². The van der Waals surface area contributed by atoms with Gasteiger partial charge in [0.1, 0.15) is 5.82 Å². The van der Waals surface area contributed by atoms with Crippen LogP contribution in [0, 0.1) is 5.82 Å². The van der Waals surface area contributed by atoms with E-state index in [1.54, 1.807) is 6.20 Å². The molecule has 1 atom stereocenters. The molecule has 0 amide bonds. The molecule has 0 aromatic carbocycles. The van der Waals surface area contributed by atoms with Gasteiger partial charge in [-0.3, -0.25) is 16.3 Å². The molecule has 90 valence electrons. The smallest absolute Gasteiger partial charge is 0.141 e. The molecule has 1 aromatic heterocycles. The topological polar surface area (TPSA) is 50.9 Å². The van der Waals surface area contributed by atoms with E-state index in [1.807, 2.05) is 0 Å². The van der Waals surface area contributed by atoms with Crippen molar-refractivity contribution in [2.45, 2.75) is 45.1 Å². The van der Waals surface area contributed by atoms with Gasteiger partial charge >= 0.3 is 0 Å². The summed E-state index contributed by atoms with van der Waals surface area (Å²) in [4.78, 5) is 3.83. The van der Waals surface area contributed by atoms with Crippen LogP contribution in [-0.2, 0) is 0 Å². The lowest BCUT2D eigenvalue weighted by atomic mass is 10.0. The van der Waals surface area contributed by atoms with E-state index in [0.717, 1.165) is 18.4 Å². The van der Waals surface area contributed by atoms with Crippen LogP contribution in [0.5, 0.6) is 0 Å². The van der Waals surface area contributed by atoms with Gasteiger partial charge in [-0.1, -0.05) is 32.6 Å². The summed E-state index contributed by atoms with van der Waals surface area (Å²) >= 11 is 0. The van der Waals surface area contributed by atoms with E-state index >= 15 is 0 Å². The number of hydrogen-bond donors (Lipinski definition) is 2. The minimum atomic E-state index is -0.314. The van der Waals surface area contributed by atoms with Gasteiger partial charge in [-0.25, -0.2) is 4.39 Å². The third-order valence-corrected chi connectivity index (χ3v) is 2.68. The van der Waals surface area contributed by atoms with Crippen molar-refractivity contribution in [1.82, 2.24) is 10.4 Å². The molecule has 0 fully saturated rings.